The van der Waals surface area contributed by atoms with Gasteiger partial charge in [0.25, 0.3) is 0 Å². The zero-order chi connectivity index (χ0) is 13.9. The summed E-state index contributed by atoms with van der Waals surface area (Å²) in [6, 6.07) is 9.09. The van der Waals surface area contributed by atoms with Crippen LogP contribution in [-0.2, 0) is 17.6 Å². The molecule has 108 valence electrons. The molecular formula is C17H24N2O. The molecule has 20 heavy (non-hydrogen) atoms. The monoisotopic (exact) mass is 272 g/mol. The second-order valence-corrected chi connectivity index (χ2v) is 6.34. The van der Waals surface area contributed by atoms with Crippen molar-refractivity contribution in [2.24, 2.45) is 11.7 Å². The summed E-state index contributed by atoms with van der Waals surface area (Å²) in [5, 5.41) is 3.26. The van der Waals surface area contributed by atoms with E-state index in [1.54, 1.807) is 0 Å². The third-order valence-corrected chi connectivity index (χ3v) is 4.78. The van der Waals surface area contributed by atoms with Gasteiger partial charge in [0, 0.05) is 18.0 Å². The molecular weight excluding hydrogens is 248 g/mol. The van der Waals surface area contributed by atoms with E-state index in [1.807, 2.05) is 0 Å². The lowest BCUT2D eigenvalue weighted by atomic mass is 9.84. The van der Waals surface area contributed by atoms with Crippen molar-refractivity contribution in [1.29, 1.82) is 0 Å². The van der Waals surface area contributed by atoms with Crippen LogP contribution in [0.15, 0.2) is 24.3 Å². The molecule has 3 rings (SSSR count). The van der Waals surface area contributed by atoms with Crippen molar-refractivity contribution in [2.45, 2.75) is 57.0 Å². The second kappa shape index (κ2) is 5.96. The van der Waals surface area contributed by atoms with Crippen molar-refractivity contribution >= 4 is 5.91 Å². The molecule has 3 unspecified atom stereocenters. The van der Waals surface area contributed by atoms with Gasteiger partial charge in [-0.25, -0.2) is 0 Å². The molecule has 3 atom stereocenters. The number of nitrogens with one attached hydrogen (secondary N) is 1. The average Bonchev–Trinajstić information content (AvgIpc) is 2.47. The number of amides is 1. The number of benzene rings is 1. The summed E-state index contributed by atoms with van der Waals surface area (Å²) < 4.78 is 0. The lowest BCUT2D eigenvalue weighted by Crippen LogP contribution is -2.44. The lowest BCUT2D eigenvalue weighted by Gasteiger charge is -2.30. The Morgan fingerprint density at radius 1 is 1.15 bits per heavy atom. The minimum Gasteiger partial charge on any atom is -0.353 e. The van der Waals surface area contributed by atoms with Gasteiger partial charge in [-0.2, -0.15) is 0 Å². The van der Waals surface area contributed by atoms with E-state index in [0.717, 1.165) is 44.9 Å². The lowest BCUT2D eigenvalue weighted by molar-refractivity contribution is -0.126. The Morgan fingerprint density at radius 3 is 2.75 bits per heavy atom. The van der Waals surface area contributed by atoms with Crippen LogP contribution in [0.2, 0.25) is 0 Å². The molecule has 3 N–H and O–H groups in total. The van der Waals surface area contributed by atoms with E-state index in [2.05, 4.69) is 29.6 Å². The highest BCUT2D eigenvalue weighted by Crippen LogP contribution is 2.25. The summed E-state index contributed by atoms with van der Waals surface area (Å²) in [6.45, 7) is 0. The molecule has 0 aromatic heterocycles. The minimum absolute atomic E-state index is 0.135. The average molecular weight is 272 g/mol. The van der Waals surface area contributed by atoms with Gasteiger partial charge in [-0.3, -0.25) is 4.79 Å². The van der Waals surface area contributed by atoms with Crippen LogP contribution in [0.3, 0.4) is 0 Å². The normalized spacial score (nSPS) is 29.6. The summed E-state index contributed by atoms with van der Waals surface area (Å²) in [7, 11) is 0. The van der Waals surface area contributed by atoms with Crippen LogP contribution in [0.5, 0.6) is 0 Å². The van der Waals surface area contributed by atoms with Crippen LogP contribution in [-0.4, -0.2) is 18.0 Å². The van der Waals surface area contributed by atoms with Gasteiger partial charge in [0.15, 0.2) is 0 Å². The van der Waals surface area contributed by atoms with Crippen molar-refractivity contribution in [2.75, 3.05) is 0 Å². The topological polar surface area (TPSA) is 55.1 Å². The van der Waals surface area contributed by atoms with Crippen molar-refractivity contribution in [1.82, 2.24) is 5.32 Å². The predicted molar refractivity (Wildman–Crippen MR) is 80.3 cm³/mol. The Bertz CT molecular complexity index is 486. The molecule has 1 aromatic carbocycles. The van der Waals surface area contributed by atoms with E-state index in [9.17, 15) is 4.79 Å². The molecule has 0 spiro atoms. The molecule has 1 amide bonds. The summed E-state index contributed by atoms with van der Waals surface area (Å²) in [5.74, 6) is 0.362. The second-order valence-electron chi connectivity index (χ2n) is 6.34. The molecule has 0 saturated heterocycles. The number of carbonyl (C=O) groups is 1. The Balaban J connectivity index is 1.58. The van der Waals surface area contributed by atoms with Crippen molar-refractivity contribution in [3.63, 3.8) is 0 Å². The molecule has 1 aromatic rings. The smallest absolute Gasteiger partial charge is 0.223 e. The number of aryl methyl sites for hydroxylation is 1. The molecule has 0 heterocycles. The molecule has 3 nitrogen and oxygen atoms in total. The van der Waals surface area contributed by atoms with E-state index >= 15 is 0 Å². The number of nitrogens with two attached hydrogens (primary N) is 1. The van der Waals surface area contributed by atoms with E-state index in [4.69, 9.17) is 5.73 Å². The Hall–Kier alpha value is -1.35. The number of carbonyl (C=O) groups excluding carboxylic acids is 1. The van der Waals surface area contributed by atoms with Crippen molar-refractivity contribution in [3.8, 4) is 0 Å². The number of hydrogen-bond acceptors (Lipinski definition) is 2. The third-order valence-electron chi connectivity index (χ3n) is 4.78. The van der Waals surface area contributed by atoms with Gasteiger partial charge in [0.05, 0.1) is 0 Å². The molecule has 1 fully saturated rings. The first-order valence-corrected chi connectivity index (χ1v) is 7.85. The molecule has 3 heteroatoms. The largest absolute Gasteiger partial charge is 0.353 e. The third kappa shape index (κ3) is 3.04. The fraction of sp³-hybridized carbons (Fsp3) is 0.588. The van der Waals surface area contributed by atoms with Gasteiger partial charge >= 0.3 is 0 Å². The maximum atomic E-state index is 12.4. The van der Waals surface area contributed by atoms with Gasteiger partial charge in [0.2, 0.25) is 5.91 Å². The van der Waals surface area contributed by atoms with Gasteiger partial charge in [0.1, 0.15) is 0 Å². The maximum absolute atomic E-state index is 12.4. The molecule has 2 aliphatic rings. The van der Waals surface area contributed by atoms with E-state index in [1.165, 1.54) is 11.1 Å². The predicted octanol–water partition coefficient (Wildman–Crippen LogP) is 2.18. The van der Waals surface area contributed by atoms with Gasteiger partial charge in [-0.15, -0.1) is 0 Å². The standard InChI is InChI=1S/C17H24N2O/c18-15-7-3-6-14(10-15)17(20)19-16-9-8-12-4-1-2-5-13(12)11-16/h1-2,4-5,14-16H,3,6-11,18H2,(H,19,20). The number of hydrogen-bond donors (Lipinski definition) is 2. The Morgan fingerprint density at radius 2 is 1.95 bits per heavy atom. The molecule has 0 aliphatic heterocycles. The summed E-state index contributed by atoms with van der Waals surface area (Å²) in [4.78, 5) is 12.4. The highest BCUT2D eigenvalue weighted by molar-refractivity contribution is 5.79. The first kappa shape index (κ1) is 13.6. The molecule has 2 aliphatic carbocycles. The fourth-order valence-electron chi connectivity index (χ4n) is 3.61. The highest BCUT2D eigenvalue weighted by atomic mass is 16.1. The van der Waals surface area contributed by atoms with Crippen molar-refractivity contribution < 1.29 is 4.79 Å². The fourth-order valence-corrected chi connectivity index (χ4v) is 3.61. The molecule has 0 radical (unpaired) electrons. The summed E-state index contributed by atoms with van der Waals surface area (Å²) in [5.41, 5.74) is 8.81. The Labute approximate surface area is 120 Å². The van der Waals surface area contributed by atoms with Crippen LogP contribution in [0.4, 0.5) is 0 Å². The van der Waals surface area contributed by atoms with Gasteiger partial charge < -0.3 is 11.1 Å². The molecule has 0 bridgehead atoms. The van der Waals surface area contributed by atoms with E-state index in [0.29, 0.717) is 6.04 Å². The van der Waals surface area contributed by atoms with Crippen LogP contribution in [0.25, 0.3) is 0 Å². The summed E-state index contributed by atoms with van der Waals surface area (Å²) >= 11 is 0. The first-order valence-electron chi connectivity index (χ1n) is 7.85. The maximum Gasteiger partial charge on any atom is 0.223 e. The van der Waals surface area contributed by atoms with Crippen LogP contribution in [0.1, 0.15) is 43.2 Å². The van der Waals surface area contributed by atoms with Crippen LogP contribution < -0.4 is 11.1 Å². The Kier molecular flexibility index (Phi) is 4.06. The van der Waals surface area contributed by atoms with Crippen molar-refractivity contribution in [3.05, 3.63) is 35.4 Å². The van der Waals surface area contributed by atoms with Crippen LogP contribution in [0, 0.1) is 5.92 Å². The highest BCUT2D eigenvalue weighted by Gasteiger charge is 2.27. The SMILES string of the molecule is NC1CCCC(C(=O)NC2CCc3ccccc3C2)C1. The zero-order valence-corrected chi connectivity index (χ0v) is 12.0. The van der Waals surface area contributed by atoms with Crippen LogP contribution >= 0.6 is 0 Å². The summed E-state index contributed by atoms with van der Waals surface area (Å²) in [6.07, 6.45) is 7.12. The number of fused-ring (bicyclic) bond motifs is 1. The number of rotatable bonds is 2. The zero-order valence-electron chi connectivity index (χ0n) is 12.0. The van der Waals surface area contributed by atoms with E-state index in [-0.39, 0.29) is 17.9 Å². The molecule has 1 saturated carbocycles. The van der Waals surface area contributed by atoms with E-state index < -0.39 is 0 Å². The quantitative estimate of drug-likeness (QED) is 0.867. The first-order chi connectivity index (χ1) is 9.72. The van der Waals surface area contributed by atoms with Gasteiger partial charge in [-0.1, -0.05) is 30.7 Å². The van der Waals surface area contributed by atoms with Gasteiger partial charge in [-0.05, 0) is 49.7 Å². The minimum atomic E-state index is 0.135.